The summed E-state index contributed by atoms with van der Waals surface area (Å²) in [6.07, 6.45) is 0. The van der Waals surface area contributed by atoms with Crippen LogP contribution in [0.3, 0.4) is 0 Å². The number of hydrogen-bond donors (Lipinski definition) is 1. The second-order valence-electron chi connectivity index (χ2n) is 5.25. The topological polar surface area (TPSA) is 63.8 Å². The van der Waals surface area contributed by atoms with Gasteiger partial charge in [0.25, 0.3) is 0 Å². The lowest BCUT2D eigenvalue weighted by molar-refractivity contribution is 0.0607. The van der Waals surface area contributed by atoms with Crippen LogP contribution in [-0.2, 0) is 4.74 Å². The molecule has 0 radical (unpaired) electrons. The maximum atomic E-state index is 13.6. The molecule has 0 atom stereocenters. The lowest BCUT2D eigenvalue weighted by Gasteiger charge is -2.03. The van der Waals surface area contributed by atoms with Gasteiger partial charge in [0.2, 0.25) is 0 Å². The lowest BCUT2D eigenvalue weighted by atomic mass is 10.2. The Bertz CT molecular complexity index is 978. The molecular formula is C18H14F2N2O3S. The van der Waals surface area contributed by atoms with Gasteiger partial charge in [0.1, 0.15) is 22.2 Å². The molecule has 134 valence electrons. The number of anilines is 1. The summed E-state index contributed by atoms with van der Waals surface area (Å²) < 4.78 is 37.0. The van der Waals surface area contributed by atoms with Gasteiger partial charge in [-0.3, -0.25) is 5.43 Å². The minimum atomic E-state index is -0.748. The Morgan fingerprint density at radius 2 is 2.04 bits per heavy atom. The molecule has 2 aromatic heterocycles. The molecule has 0 aliphatic heterocycles. The first-order valence-electron chi connectivity index (χ1n) is 7.51. The molecule has 0 unspecified atom stereocenters. The maximum Gasteiger partial charge on any atom is 0.348 e. The number of ether oxygens (including phenoxy) is 1. The zero-order valence-electron chi connectivity index (χ0n) is 13.9. The van der Waals surface area contributed by atoms with E-state index in [1.807, 2.05) is 0 Å². The molecule has 8 heteroatoms. The standard InChI is InChI=1S/C18H14F2N2O3S/c1-10(21-22-14-4-3-11(19)9-13(14)20)15-5-6-16(25-15)12-7-8-26-17(12)18(23)24-2/h3-9,22H,1-2H3/b21-10+. The van der Waals surface area contributed by atoms with Crippen LogP contribution >= 0.6 is 11.3 Å². The zero-order chi connectivity index (χ0) is 18.7. The Morgan fingerprint density at radius 1 is 1.23 bits per heavy atom. The van der Waals surface area contributed by atoms with Gasteiger partial charge in [-0.15, -0.1) is 11.3 Å². The molecule has 26 heavy (non-hydrogen) atoms. The van der Waals surface area contributed by atoms with E-state index >= 15 is 0 Å². The highest BCUT2D eigenvalue weighted by atomic mass is 32.1. The van der Waals surface area contributed by atoms with Crippen LogP contribution < -0.4 is 5.43 Å². The number of carbonyl (C=O) groups excluding carboxylic acids is 1. The molecule has 0 aliphatic rings. The van der Waals surface area contributed by atoms with Crippen molar-refractivity contribution >= 4 is 28.7 Å². The number of thiophene rings is 1. The van der Waals surface area contributed by atoms with Crippen molar-refractivity contribution in [1.82, 2.24) is 0 Å². The average molecular weight is 376 g/mol. The largest absolute Gasteiger partial charge is 0.465 e. The predicted octanol–water partition coefficient (Wildman–Crippen LogP) is 4.91. The fourth-order valence-electron chi connectivity index (χ4n) is 2.21. The number of carbonyl (C=O) groups is 1. The van der Waals surface area contributed by atoms with Crippen LogP contribution in [0.4, 0.5) is 14.5 Å². The number of nitrogens with zero attached hydrogens (tertiary/aromatic N) is 1. The molecule has 0 spiro atoms. The van der Waals surface area contributed by atoms with Gasteiger partial charge in [-0.05, 0) is 42.6 Å². The number of esters is 1. The van der Waals surface area contributed by atoms with Gasteiger partial charge in [-0.25, -0.2) is 13.6 Å². The third kappa shape index (κ3) is 3.65. The number of rotatable bonds is 5. The van der Waals surface area contributed by atoms with Crippen molar-refractivity contribution in [3.05, 3.63) is 64.1 Å². The molecule has 0 aliphatic carbocycles. The second-order valence-corrected chi connectivity index (χ2v) is 6.17. The highest BCUT2D eigenvalue weighted by Crippen LogP contribution is 2.30. The number of halogens is 2. The van der Waals surface area contributed by atoms with Crippen LogP contribution in [0, 0.1) is 11.6 Å². The van der Waals surface area contributed by atoms with Crippen LogP contribution in [-0.4, -0.2) is 18.8 Å². The smallest absolute Gasteiger partial charge is 0.348 e. The van der Waals surface area contributed by atoms with E-state index in [0.29, 0.717) is 27.7 Å². The first kappa shape index (κ1) is 17.8. The molecule has 0 amide bonds. The van der Waals surface area contributed by atoms with Crippen molar-refractivity contribution in [2.75, 3.05) is 12.5 Å². The van der Waals surface area contributed by atoms with Gasteiger partial charge in [-0.2, -0.15) is 5.10 Å². The molecule has 0 saturated carbocycles. The molecular weight excluding hydrogens is 362 g/mol. The first-order valence-corrected chi connectivity index (χ1v) is 8.39. The predicted molar refractivity (Wildman–Crippen MR) is 95.6 cm³/mol. The fraction of sp³-hybridized carbons (Fsp3) is 0.111. The van der Waals surface area contributed by atoms with Gasteiger partial charge < -0.3 is 9.15 Å². The van der Waals surface area contributed by atoms with E-state index < -0.39 is 17.6 Å². The normalized spacial score (nSPS) is 11.5. The summed E-state index contributed by atoms with van der Waals surface area (Å²) >= 11 is 1.26. The Hall–Kier alpha value is -3.00. The van der Waals surface area contributed by atoms with E-state index in [0.717, 1.165) is 12.1 Å². The lowest BCUT2D eigenvalue weighted by Crippen LogP contribution is -2.00. The van der Waals surface area contributed by atoms with E-state index in [2.05, 4.69) is 10.5 Å². The van der Waals surface area contributed by atoms with Crippen molar-refractivity contribution in [3.63, 3.8) is 0 Å². The van der Waals surface area contributed by atoms with Gasteiger partial charge in [0.05, 0.1) is 12.8 Å². The molecule has 0 fully saturated rings. The SMILES string of the molecule is COC(=O)c1sccc1-c1ccc(/C(C)=N/Nc2ccc(F)cc2F)o1. The van der Waals surface area contributed by atoms with Crippen molar-refractivity contribution in [1.29, 1.82) is 0 Å². The summed E-state index contributed by atoms with van der Waals surface area (Å²) in [5, 5.41) is 5.81. The first-order chi connectivity index (χ1) is 12.5. The quantitative estimate of drug-likeness (QED) is 0.390. The van der Waals surface area contributed by atoms with Crippen LogP contribution in [0.25, 0.3) is 11.3 Å². The van der Waals surface area contributed by atoms with Crippen molar-refractivity contribution < 1.29 is 22.7 Å². The molecule has 2 heterocycles. The van der Waals surface area contributed by atoms with Gasteiger partial charge in [0.15, 0.2) is 11.6 Å². The minimum Gasteiger partial charge on any atom is -0.465 e. The van der Waals surface area contributed by atoms with Crippen LogP contribution in [0.5, 0.6) is 0 Å². The van der Waals surface area contributed by atoms with Gasteiger partial charge in [-0.1, -0.05) is 0 Å². The Labute approximate surface area is 151 Å². The average Bonchev–Trinajstić information content (AvgIpc) is 3.29. The molecule has 1 N–H and O–H groups in total. The summed E-state index contributed by atoms with van der Waals surface area (Å²) in [5.74, 6) is -0.919. The van der Waals surface area contributed by atoms with E-state index in [4.69, 9.17) is 9.15 Å². The number of hydrogen-bond acceptors (Lipinski definition) is 6. The summed E-state index contributed by atoms with van der Waals surface area (Å²) in [5.41, 5.74) is 3.66. The third-order valence-electron chi connectivity index (χ3n) is 3.54. The maximum absolute atomic E-state index is 13.6. The van der Waals surface area contributed by atoms with Crippen LogP contribution in [0.1, 0.15) is 22.4 Å². The molecule has 3 aromatic rings. The second kappa shape index (κ2) is 7.49. The highest BCUT2D eigenvalue weighted by Gasteiger charge is 2.18. The van der Waals surface area contributed by atoms with E-state index in [-0.39, 0.29) is 5.69 Å². The molecule has 3 rings (SSSR count). The summed E-state index contributed by atoms with van der Waals surface area (Å²) in [6, 6.07) is 8.31. The fourth-order valence-corrected chi connectivity index (χ4v) is 3.03. The van der Waals surface area contributed by atoms with E-state index in [9.17, 15) is 13.6 Å². The van der Waals surface area contributed by atoms with Crippen LogP contribution in [0.2, 0.25) is 0 Å². The molecule has 1 aromatic carbocycles. The Balaban J connectivity index is 1.81. The zero-order valence-corrected chi connectivity index (χ0v) is 14.7. The summed E-state index contributed by atoms with van der Waals surface area (Å²) in [4.78, 5) is 12.2. The summed E-state index contributed by atoms with van der Waals surface area (Å²) in [6.45, 7) is 1.67. The van der Waals surface area contributed by atoms with Crippen molar-refractivity contribution in [3.8, 4) is 11.3 Å². The molecule has 0 bridgehead atoms. The Morgan fingerprint density at radius 3 is 2.77 bits per heavy atom. The van der Waals surface area contributed by atoms with Crippen molar-refractivity contribution in [2.45, 2.75) is 6.92 Å². The number of benzene rings is 1. The monoisotopic (exact) mass is 376 g/mol. The molecule has 0 saturated heterocycles. The van der Waals surface area contributed by atoms with Gasteiger partial charge in [0, 0.05) is 11.6 Å². The number of hydrazone groups is 1. The summed E-state index contributed by atoms with van der Waals surface area (Å²) in [7, 11) is 1.32. The van der Waals surface area contributed by atoms with E-state index in [1.54, 1.807) is 30.5 Å². The Kier molecular flexibility index (Phi) is 5.13. The van der Waals surface area contributed by atoms with Gasteiger partial charge >= 0.3 is 5.97 Å². The minimum absolute atomic E-state index is 0.0448. The number of nitrogens with one attached hydrogen (secondary N) is 1. The molecule has 5 nitrogen and oxygen atoms in total. The highest BCUT2D eigenvalue weighted by molar-refractivity contribution is 7.12. The number of methoxy groups -OCH3 is 1. The van der Waals surface area contributed by atoms with Crippen LogP contribution in [0.15, 0.2) is 51.3 Å². The van der Waals surface area contributed by atoms with Crippen molar-refractivity contribution in [2.24, 2.45) is 5.10 Å². The third-order valence-corrected chi connectivity index (χ3v) is 4.43. The number of furan rings is 1. The van der Waals surface area contributed by atoms with E-state index in [1.165, 1.54) is 24.5 Å².